The lowest BCUT2D eigenvalue weighted by molar-refractivity contribution is 0.478. The molecule has 4 nitrogen and oxygen atoms in total. The molecule has 0 aliphatic carbocycles. The summed E-state index contributed by atoms with van der Waals surface area (Å²) in [6.07, 6.45) is 1.53. The van der Waals surface area contributed by atoms with Crippen LogP contribution < -0.4 is 5.32 Å². The molecular weight excluding hydrogens is 246 g/mol. The standard InChI is InChI=1S/C13H11N3OS/c1-8-6-18-13-11(8)12(14-7-15-13)16-9-4-2-3-5-10(9)17/h2-7,17H,1H3,(H,14,15,16). The van der Waals surface area contributed by atoms with Crippen molar-refractivity contribution in [3.05, 3.63) is 41.5 Å². The normalized spacial score (nSPS) is 10.7. The maximum absolute atomic E-state index is 9.76. The number of hydrogen-bond donors (Lipinski definition) is 2. The van der Waals surface area contributed by atoms with Gasteiger partial charge in [0.2, 0.25) is 0 Å². The zero-order valence-corrected chi connectivity index (χ0v) is 10.5. The minimum absolute atomic E-state index is 0.206. The fourth-order valence-electron chi connectivity index (χ4n) is 1.82. The fourth-order valence-corrected chi connectivity index (χ4v) is 2.71. The highest BCUT2D eigenvalue weighted by Gasteiger charge is 2.09. The molecule has 5 heteroatoms. The van der Waals surface area contributed by atoms with Crippen LogP contribution in [-0.2, 0) is 0 Å². The fraction of sp³-hybridized carbons (Fsp3) is 0.0769. The van der Waals surface area contributed by atoms with Crippen molar-refractivity contribution in [2.24, 2.45) is 0 Å². The second-order valence-corrected chi connectivity index (χ2v) is 4.82. The molecule has 0 bridgehead atoms. The molecule has 0 aliphatic rings. The Morgan fingerprint density at radius 2 is 2.06 bits per heavy atom. The van der Waals surface area contributed by atoms with Crippen LogP contribution in [0.1, 0.15) is 5.56 Å². The van der Waals surface area contributed by atoms with E-state index in [-0.39, 0.29) is 5.75 Å². The van der Waals surface area contributed by atoms with E-state index in [4.69, 9.17) is 0 Å². The number of phenols is 1. The van der Waals surface area contributed by atoms with Crippen LogP contribution >= 0.6 is 11.3 Å². The zero-order valence-electron chi connectivity index (χ0n) is 9.71. The van der Waals surface area contributed by atoms with Crippen LogP contribution in [0.15, 0.2) is 36.0 Å². The molecule has 0 saturated carbocycles. The molecular formula is C13H11N3OS. The first-order chi connectivity index (χ1) is 8.75. The van der Waals surface area contributed by atoms with E-state index in [1.807, 2.05) is 19.1 Å². The molecule has 2 aromatic heterocycles. The van der Waals surface area contributed by atoms with E-state index in [0.29, 0.717) is 5.69 Å². The van der Waals surface area contributed by atoms with Crippen LogP contribution in [0, 0.1) is 6.92 Å². The van der Waals surface area contributed by atoms with Crippen molar-refractivity contribution in [2.45, 2.75) is 6.92 Å². The number of hydrogen-bond acceptors (Lipinski definition) is 5. The highest BCUT2D eigenvalue weighted by atomic mass is 32.1. The summed E-state index contributed by atoms with van der Waals surface area (Å²) in [5.74, 6) is 0.928. The van der Waals surface area contributed by atoms with E-state index in [2.05, 4.69) is 20.7 Å². The Kier molecular flexibility index (Phi) is 2.60. The summed E-state index contributed by atoms with van der Waals surface area (Å²) in [5, 5.41) is 16.0. The van der Waals surface area contributed by atoms with Crippen LogP contribution in [0.2, 0.25) is 0 Å². The number of aromatic hydroxyl groups is 1. The Balaban J connectivity index is 2.10. The summed E-state index contributed by atoms with van der Waals surface area (Å²) in [6.45, 7) is 2.03. The third-order valence-electron chi connectivity index (χ3n) is 2.71. The van der Waals surface area contributed by atoms with Crippen molar-refractivity contribution in [1.82, 2.24) is 9.97 Å². The van der Waals surface area contributed by atoms with Crippen molar-refractivity contribution < 1.29 is 5.11 Å². The van der Waals surface area contributed by atoms with E-state index >= 15 is 0 Å². The Hall–Kier alpha value is -2.14. The van der Waals surface area contributed by atoms with Gasteiger partial charge in [0.1, 0.15) is 22.7 Å². The van der Waals surface area contributed by atoms with Gasteiger partial charge in [0.15, 0.2) is 0 Å². The Morgan fingerprint density at radius 1 is 1.22 bits per heavy atom. The number of nitrogens with one attached hydrogen (secondary N) is 1. The third kappa shape index (κ3) is 1.78. The first-order valence-corrected chi connectivity index (χ1v) is 6.37. The van der Waals surface area contributed by atoms with Gasteiger partial charge in [-0.3, -0.25) is 0 Å². The predicted molar refractivity (Wildman–Crippen MR) is 73.5 cm³/mol. The van der Waals surface area contributed by atoms with Gasteiger partial charge in [-0.05, 0) is 30.0 Å². The molecule has 0 fully saturated rings. The lowest BCUT2D eigenvalue weighted by Gasteiger charge is -2.08. The van der Waals surface area contributed by atoms with Gasteiger partial charge in [0.25, 0.3) is 0 Å². The van der Waals surface area contributed by atoms with E-state index in [1.54, 1.807) is 23.5 Å². The van der Waals surface area contributed by atoms with Crippen LogP contribution in [0.4, 0.5) is 11.5 Å². The van der Waals surface area contributed by atoms with Gasteiger partial charge in [-0.1, -0.05) is 12.1 Å². The predicted octanol–water partition coefficient (Wildman–Crippen LogP) is 3.45. The summed E-state index contributed by atoms with van der Waals surface area (Å²) >= 11 is 1.59. The number of rotatable bonds is 2. The maximum atomic E-state index is 9.76. The average Bonchev–Trinajstić information content (AvgIpc) is 2.75. The summed E-state index contributed by atoms with van der Waals surface area (Å²) in [6, 6.07) is 7.10. The van der Waals surface area contributed by atoms with Crippen molar-refractivity contribution >= 4 is 33.1 Å². The number of thiophene rings is 1. The van der Waals surface area contributed by atoms with E-state index < -0.39 is 0 Å². The molecule has 90 valence electrons. The van der Waals surface area contributed by atoms with Gasteiger partial charge >= 0.3 is 0 Å². The minimum atomic E-state index is 0.206. The second-order valence-electron chi connectivity index (χ2n) is 3.96. The number of phenolic OH excluding ortho intramolecular Hbond substituents is 1. The second kappa shape index (κ2) is 4.27. The summed E-state index contributed by atoms with van der Waals surface area (Å²) in [4.78, 5) is 9.43. The Labute approximate surface area is 108 Å². The highest BCUT2D eigenvalue weighted by Crippen LogP contribution is 2.32. The Morgan fingerprint density at radius 3 is 2.89 bits per heavy atom. The zero-order chi connectivity index (χ0) is 12.5. The quantitative estimate of drug-likeness (QED) is 0.690. The lowest BCUT2D eigenvalue weighted by atomic mass is 10.2. The minimum Gasteiger partial charge on any atom is -0.506 e. The number of anilines is 2. The monoisotopic (exact) mass is 257 g/mol. The number of nitrogens with zero attached hydrogens (tertiary/aromatic N) is 2. The van der Waals surface area contributed by atoms with Gasteiger partial charge in [-0.2, -0.15) is 0 Å². The van der Waals surface area contributed by atoms with Crippen LogP contribution in [-0.4, -0.2) is 15.1 Å². The molecule has 18 heavy (non-hydrogen) atoms. The molecule has 0 atom stereocenters. The molecule has 2 N–H and O–H groups in total. The molecule has 0 unspecified atom stereocenters. The third-order valence-corrected chi connectivity index (χ3v) is 3.72. The molecule has 0 aliphatic heterocycles. The molecule has 0 radical (unpaired) electrons. The maximum Gasteiger partial charge on any atom is 0.142 e. The van der Waals surface area contributed by atoms with E-state index in [9.17, 15) is 5.11 Å². The van der Waals surface area contributed by atoms with Crippen LogP contribution in [0.5, 0.6) is 5.75 Å². The van der Waals surface area contributed by atoms with Crippen LogP contribution in [0.25, 0.3) is 10.2 Å². The number of fused-ring (bicyclic) bond motifs is 1. The largest absolute Gasteiger partial charge is 0.506 e. The van der Waals surface area contributed by atoms with Crippen LogP contribution in [0.3, 0.4) is 0 Å². The lowest BCUT2D eigenvalue weighted by Crippen LogP contribution is -1.95. The molecule has 0 saturated heterocycles. The summed E-state index contributed by atoms with van der Waals surface area (Å²) in [7, 11) is 0. The van der Waals surface area contributed by atoms with Crippen molar-refractivity contribution in [3.8, 4) is 5.75 Å². The molecule has 3 aromatic rings. The number of aryl methyl sites for hydroxylation is 1. The van der Waals surface area contributed by atoms with Gasteiger partial charge in [0, 0.05) is 0 Å². The summed E-state index contributed by atoms with van der Waals surface area (Å²) < 4.78 is 0. The molecule has 2 heterocycles. The smallest absolute Gasteiger partial charge is 0.142 e. The van der Waals surface area contributed by atoms with Crippen molar-refractivity contribution in [3.63, 3.8) is 0 Å². The Bertz CT molecular complexity index is 708. The number of aromatic nitrogens is 2. The van der Waals surface area contributed by atoms with Gasteiger partial charge < -0.3 is 10.4 Å². The first-order valence-electron chi connectivity index (χ1n) is 5.49. The highest BCUT2D eigenvalue weighted by molar-refractivity contribution is 7.17. The number of para-hydroxylation sites is 2. The van der Waals surface area contributed by atoms with Gasteiger partial charge in [0.05, 0.1) is 11.1 Å². The first kappa shape index (κ1) is 11.0. The van der Waals surface area contributed by atoms with E-state index in [1.165, 1.54) is 6.33 Å². The molecule has 0 amide bonds. The van der Waals surface area contributed by atoms with E-state index in [0.717, 1.165) is 21.6 Å². The molecule has 1 aromatic carbocycles. The molecule has 0 spiro atoms. The topological polar surface area (TPSA) is 58.0 Å². The summed E-state index contributed by atoms with van der Waals surface area (Å²) in [5.41, 5.74) is 1.77. The van der Waals surface area contributed by atoms with Crippen molar-refractivity contribution in [2.75, 3.05) is 5.32 Å². The van der Waals surface area contributed by atoms with Gasteiger partial charge in [-0.15, -0.1) is 11.3 Å². The van der Waals surface area contributed by atoms with Crippen molar-refractivity contribution in [1.29, 1.82) is 0 Å². The average molecular weight is 257 g/mol. The molecule has 3 rings (SSSR count). The SMILES string of the molecule is Cc1csc2ncnc(Nc3ccccc3O)c12. The number of benzene rings is 1. The van der Waals surface area contributed by atoms with Gasteiger partial charge in [-0.25, -0.2) is 9.97 Å².